The number of rotatable bonds is 4. The van der Waals surface area contributed by atoms with Crippen LogP contribution in [0.15, 0.2) is 41.4 Å². The van der Waals surface area contributed by atoms with Gasteiger partial charge in [-0.3, -0.25) is 4.79 Å². The first-order chi connectivity index (χ1) is 9.56. The second kappa shape index (κ2) is 6.44. The monoisotopic (exact) mass is 336 g/mol. The zero-order valence-corrected chi connectivity index (χ0v) is 13.4. The van der Waals surface area contributed by atoms with Crippen molar-refractivity contribution in [3.63, 3.8) is 0 Å². The van der Waals surface area contributed by atoms with Crippen LogP contribution in [0, 0.1) is 0 Å². The Bertz CT molecular complexity index is 493. The van der Waals surface area contributed by atoms with Crippen LogP contribution >= 0.6 is 15.9 Å². The third-order valence-corrected chi connectivity index (χ3v) is 4.67. The highest BCUT2D eigenvalue weighted by Gasteiger charge is 2.34. The standard InChI is InChI=1S/C16H21BrN2O/c1-3-8-16(9-11-19(12-10-16)13(2)20)18-15-7-5-4-6-14(15)17/h3-7,18H,1,8-12H2,2H3. The number of benzene rings is 1. The molecule has 0 spiro atoms. The summed E-state index contributed by atoms with van der Waals surface area (Å²) in [5, 5.41) is 3.67. The van der Waals surface area contributed by atoms with Crippen LogP contribution in [-0.4, -0.2) is 29.4 Å². The summed E-state index contributed by atoms with van der Waals surface area (Å²) in [6, 6.07) is 8.15. The fraction of sp³-hybridized carbons (Fsp3) is 0.438. The van der Waals surface area contributed by atoms with Crippen molar-refractivity contribution in [2.75, 3.05) is 18.4 Å². The van der Waals surface area contributed by atoms with Gasteiger partial charge in [-0.1, -0.05) is 18.2 Å². The third kappa shape index (κ3) is 3.42. The second-order valence-electron chi connectivity index (χ2n) is 5.38. The first-order valence-corrected chi connectivity index (χ1v) is 7.75. The number of carbonyl (C=O) groups excluding carboxylic acids is 1. The largest absolute Gasteiger partial charge is 0.378 e. The van der Waals surface area contributed by atoms with Crippen LogP contribution in [0.4, 0.5) is 5.69 Å². The van der Waals surface area contributed by atoms with Gasteiger partial charge in [0.25, 0.3) is 0 Å². The summed E-state index contributed by atoms with van der Waals surface area (Å²) >= 11 is 3.58. The van der Waals surface area contributed by atoms with Crippen LogP contribution in [0.5, 0.6) is 0 Å². The average molecular weight is 337 g/mol. The highest BCUT2D eigenvalue weighted by Crippen LogP contribution is 2.33. The van der Waals surface area contributed by atoms with Gasteiger partial charge >= 0.3 is 0 Å². The van der Waals surface area contributed by atoms with E-state index < -0.39 is 0 Å². The Kier molecular flexibility index (Phi) is 4.86. The molecule has 1 amide bonds. The molecule has 1 aliphatic rings. The molecule has 1 N–H and O–H groups in total. The summed E-state index contributed by atoms with van der Waals surface area (Å²) < 4.78 is 1.07. The van der Waals surface area contributed by atoms with E-state index in [1.165, 1.54) is 0 Å². The maximum atomic E-state index is 11.5. The molecule has 4 heteroatoms. The molecule has 1 heterocycles. The number of nitrogens with one attached hydrogen (secondary N) is 1. The van der Waals surface area contributed by atoms with E-state index in [9.17, 15) is 4.79 Å². The van der Waals surface area contributed by atoms with Crippen LogP contribution < -0.4 is 5.32 Å². The first kappa shape index (κ1) is 15.1. The Morgan fingerprint density at radius 3 is 2.65 bits per heavy atom. The molecule has 2 rings (SSSR count). The summed E-state index contributed by atoms with van der Waals surface area (Å²) in [5.41, 5.74) is 1.10. The first-order valence-electron chi connectivity index (χ1n) is 6.95. The predicted molar refractivity (Wildman–Crippen MR) is 86.8 cm³/mol. The van der Waals surface area contributed by atoms with E-state index >= 15 is 0 Å². The van der Waals surface area contributed by atoms with Gasteiger partial charge in [0, 0.05) is 35.7 Å². The van der Waals surface area contributed by atoms with E-state index in [1.807, 2.05) is 29.2 Å². The molecular weight excluding hydrogens is 316 g/mol. The lowest BCUT2D eigenvalue weighted by Gasteiger charge is -2.42. The average Bonchev–Trinajstić information content (AvgIpc) is 2.42. The molecule has 1 aliphatic heterocycles. The predicted octanol–water partition coefficient (Wildman–Crippen LogP) is 3.82. The molecule has 3 nitrogen and oxygen atoms in total. The van der Waals surface area contributed by atoms with Gasteiger partial charge in [0.1, 0.15) is 0 Å². The number of hydrogen-bond donors (Lipinski definition) is 1. The Hall–Kier alpha value is -1.29. The maximum absolute atomic E-state index is 11.5. The van der Waals surface area contributed by atoms with Crippen LogP contribution in [0.3, 0.4) is 0 Å². The summed E-state index contributed by atoms with van der Waals surface area (Å²) in [4.78, 5) is 13.4. The van der Waals surface area contributed by atoms with Gasteiger partial charge in [-0.15, -0.1) is 6.58 Å². The molecular formula is C16H21BrN2O. The van der Waals surface area contributed by atoms with Crippen LogP contribution in [0.25, 0.3) is 0 Å². The number of halogens is 1. The molecule has 20 heavy (non-hydrogen) atoms. The van der Waals surface area contributed by atoms with Crippen molar-refractivity contribution >= 4 is 27.5 Å². The molecule has 1 fully saturated rings. The number of hydrogen-bond acceptors (Lipinski definition) is 2. The van der Waals surface area contributed by atoms with Crippen LogP contribution in [0.2, 0.25) is 0 Å². The lowest BCUT2D eigenvalue weighted by atomic mass is 9.84. The van der Waals surface area contributed by atoms with Gasteiger partial charge < -0.3 is 10.2 Å². The number of carbonyl (C=O) groups is 1. The molecule has 0 saturated carbocycles. The Labute approximate surface area is 129 Å². The molecule has 108 valence electrons. The molecule has 0 unspecified atom stereocenters. The fourth-order valence-electron chi connectivity index (χ4n) is 2.75. The summed E-state index contributed by atoms with van der Waals surface area (Å²) in [7, 11) is 0. The van der Waals surface area contributed by atoms with Gasteiger partial charge in [-0.2, -0.15) is 0 Å². The minimum atomic E-state index is -0.00241. The minimum Gasteiger partial charge on any atom is -0.378 e. The topological polar surface area (TPSA) is 32.3 Å². The van der Waals surface area contributed by atoms with Crippen molar-refractivity contribution in [3.8, 4) is 0 Å². The van der Waals surface area contributed by atoms with Crippen molar-refractivity contribution in [2.45, 2.75) is 31.7 Å². The van der Waals surface area contributed by atoms with Crippen molar-refractivity contribution in [2.24, 2.45) is 0 Å². The fourth-order valence-corrected chi connectivity index (χ4v) is 3.14. The van der Waals surface area contributed by atoms with Gasteiger partial charge in [-0.25, -0.2) is 0 Å². The van der Waals surface area contributed by atoms with E-state index in [4.69, 9.17) is 0 Å². The molecule has 0 atom stereocenters. The highest BCUT2D eigenvalue weighted by atomic mass is 79.9. The van der Waals surface area contributed by atoms with E-state index in [0.29, 0.717) is 0 Å². The van der Waals surface area contributed by atoms with Crippen molar-refractivity contribution < 1.29 is 4.79 Å². The van der Waals surface area contributed by atoms with Crippen LogP contribution in [0.1, 0.15) is 26.2 Å². The van der Waals surface area contributed by atoms with Gasteiger partial charge in [-0.05, 0) is 47.3 Å². The smallest absolute Gasteiger partial charge is 0.219 e. The zero-order chi connectivity index (χ0) is 14.6. The van der Waals surface area contributed by atoms with E-state index in [-0.39, 0.29) is 11.4 Å². The number of anilines is 1. The van der Waals surface area contributed by atoms with Gasteiger partial charge in [0.05, 0.1) is 0 Å². The zero-order valence-electron chi connectivity index (χ0n) is 11.9. The molecule has 0 aliphatic carbocycles. The summed E-state index contributed by atoms with van der Waals surface area (Å²) in [5.74, 6) is 0.165. The summed E-state index contributed by atoms with van der Waals surface area (Å²) in [6.45, 7) is 7.14. The third-order valence-electron chi connectivity index (χ3n) is 3.97. The highest BCUT2D eigenvalue weighted by molar-refractivity contribution is 9.10. The number of piperidine rings is 1. The molecule has 0 aromatic heterocycles. The Morgan fingerprint density at radius 1 is 1.45 bits per heavy atom. The van der Waals surface area contributed by atoms with Crippen molar-refractivity contribution in [1.29, 1.82) is 0 Å². The minimum absolute atomic E-state index is 0.00241. The Morgan fingerprint density at radius 2 is 2.10 bits per heavy atom. The van der Waals surface area contributed by atoms with E-state index in [0.717, 1.165) is 42.5 Å². The maximum Gasteiger partial charge on any atom is 0.219 e. The van der Waals surface area contributed by atoms with Gasteiger partial charge in [0.2, 0.25) is 5.91 Å². The normalized spacial score (nSPS) is 17.6. The Balaban J connectivity index is 2.13. The number of nitrogens with zero attached hydrogens (tertiary/aromatic N) is 1. The van der Waals surface area contributed by atoms with Crippen molar-refractivity contribution in [3.05, 3.63) is 41.4 Å². The SMILES string of the molecule is C=CCC1(Nc2ccccc2Br)CCN(C(C)=O)CC1. The van der Waals surface area contributed by atoms with Gasteiger partial charge in [0.15, 0.2) is 0 Å². The quantitative estimate of drug-likeness (QED) is 0.847. The summed E-state index contributed by atoms with van der Waals surface area (Å²) in [6.07, 6.45) is 4.76. The van der Waals surface area contributed by atoms with E-state index in [2.05, 4.69) is 33.9 Å². The lowest BCUT2D eigenvalue weighted by molar-refractivity contribution is -0.130. The molecule has 0 bridgehead atoms. The second-order valence-corrected chi connectivity index (χ2v) is 6.24. The molecule has 1 aromatic carbocycles. The number of amides is 1. The lowest BCUT2D eigenvalue weighted by Crippen LogP contribution is -2.50. The number of para-hydroxylation sites is 1. The van der Waals surface area contributed by atoms with E-state index in [1.54, 1.807) is 6.92 Å². The van der Waals surface area contributed by atoms with Crippen molar-refractivity contribution in [1.82, 2.24) is 4.90 Å². The molecule has 0 radical (unpaired) electrons. The molecule has 1 aromatic rings. The number of likely N-dealkylation sites (tertiary alicyclic amines) is 1. The molecule has 1 saturated heterocycles. The van der Waals surface area contributed by atoms with Crippen LogP contribution in [-0.2, 0) is 4.79 Å².